The van der Waals surface area contributed by atoms with Crippen molar-refractivity contribution in [2.75, 3.05) is 41.4 Å². The molecule has 0 saturated carbocycles. The number of hydrogen-bond acceptors (Lipinski definition) is 8. The number of nitrogens with one attached hydrogen (secondary N) is 1. The summed E-state index contributed by atoms with van der Waals surface area (Å²) in [6.45, 7) is 5.30. The second-order valence-corrected chi connectivity index (χ2v) is 6.08. The molecule has 2 saturated heterocycles. The van der Waals surface area contributed by atoms with Crippen LogP contribution in [-0.4, -0.2) is 51.8 Å². The van der Waals surface area contributed by atoms with Gasteiger partial charge in [-0.05, 0) is 32.6 Å². The number of nitrogen functional groups attached to an aromatic ring is 1. The second-order valence-electron chi connectivity index (χ2n) is 6.08. The SMILES string of the molecule is CC1(O)CCN(c2nc(NN)nc(N3CCCC3)n2)CC1. The topological polar surface area (TPSA) is 103 Å². The van der Waals surface area contributed by atoms with Crippen LogP contribution < -0.4 is 21.1 Å². The summed E-state index contributed by atoms with van der Waals surface area (Å²) >= 11 is 0. The molecule has 2 aliphatic rings. The minimum Gasteiger partial charge on any atom is -0.390 e. The monoisotopic (exact) mass is 293 g/mol. The normalized spacial score (nSPS) is 21.7. The van der Waals surface area contributed by atoms with Gasteiger partial charge in [0.15, 0.2) is 0 Å². The van der Waals surface area contributed by atoms with Gasteiger partial charge in [0, 0.05) is 26.2 Å². The number of piperidine rings is 1. The van der Waals surface area contributed by atoms with Gasteiger partial charge < -0.3 is 14.9 Å². The van der Waals surface area contributed by atoms with E-state index in [2.05, 4.69) is 30.2 Å². The second kappa shape index (κ2) is 5.61. The highest BCUT2D eigenvalue weighted by Crippen LogP contribution is 2.26. The summed E-state index contributed by atoms with van der Waals surface area (Å²) in [5, 5.41) is 10.0. The third-order valence-electron chi connectivity index (χ3n) is 4.25. The largest absolute Gasteiger partial charge is 0.390 e. The van der Waals surface area contributed by atoms with Crippen molar-refractivity contribution in [3.63, 3.8) is 0 Å². The van der Waals surface area contributed by atoms with E-state index in [1.54, 1.807) is 0 Å². The number of nitrogens with two attached hydrogens (primary N) is 1. The van der Waals surface area contributed by atoms with E-state index in [4.69, 9.17) is 5.84 Å². The maximum absolute atomic E-state index is 10.0. The number of hydrogen-bond donors (Lipinski definition) is 3. The molecule has 0 bridgehead atoms. The Kier molecular flexibility index (Phi) is 3.81. The first kappa shape index (κ1) is 14.3. The fourth-order valence-corrected chi connectivity index (χ4v) is 2.81. The van der Waals surface area contributed by atoms with Gasteiger partial charge in [0.05, 0.1) is 5.60 Å². The van der Waals surface area contributed by atoms with Gasteiger partial charge in [-0.2, -0.15) is 15.0 Å². The molecule has 8 nitrogen and oxygen atoms in total. The van der Waals surface area contributed by atoms with Crippen molar-refractivity contribution in [2.24, 2.45) is 5.84 Å². The van der Waals surface area contributed by atoms with Gasteiger partial charge in [0.25, 0.3) is 0 Å². The van der Waals surface area contributed by atoms with E-state index in [9.17, 15) is 5.11 Å². The van der Waals surface area contributed by atoms with Crippen LogP contribution in [0.4, 0.5) is 17.8 Å². The molecule has 2 fully saturated rings. The maximum Gasteiger partial charge on any atom is 0.243 e. The number of aromatic nitrogens is 3. The minimum atomic E-state index is -0.587. The van der Waals surface area contributed by atoms with Crippen molar-refractivity contribution in [1.82, 2.24) is 15.0 Å². The van der Waals surface area contributed by atoms with Crippen LogP contribution in [0.25, 0.3) is 0 Å². The molecule has 1 aromatic rings. The number of nitrogens with zero attached hydrogens (tertiary/aromatic N) is 5. The highest BCUT2D eigenvalue weighted by Gasteiger charge is 2.29. The molecular formula is C13H23N7O. The molecule has 0 amide bonds. The fraction of sp³-hybridized carbons (Fsp3) is 0.769. The Morgan fingerprint density at radius 2 is 1.52 bits per heavy atom. The number of aliphatic hydroxyl groups is 1. The zero-order chi connectivity index (χ0) is 14.9. The lowest BCUT2D eigenvalue weighted by Crippen LogP contribution is -2.43. The Bertz CT molecular complexity index is 491. The van der Waals surface area contributed by atoms with Crippen molar-refractivity contribution in [2.45, 2.75) is 38.2 Å². The van der Waals surface area contributed by atoms with Gasteiger partial charge in [-0.1, -0.05) is 0 Å². The van der Waals surface area contributed by atoms with Gasteiger partial charge in [-0.15, -0.1) is 0 Å². The Morgan fingerprint density at radius 3 is 2.05 bits per heavy atom. The van der Waals surface area contributed by atoms with Crippen LogP contribution in [0.1, 0.15) is 32.6 Å². The zero-order valence-corrected chi connectivity index (χ0v) is 12.4. The van der Waals surface area contributed by atoms with Gasteiger partial charge in [0.2, 0.25) is 17.8 Å². The molecule has 4 N–H and O–H groups in total. The van der Waals surface area contributed by atoms with Crippen molar-refractivity contribution in [1.29, 1.82) is 0 Å². The Labute approximate surface area is 124 Å². The standard InChI is InChI=1S/C13H23N7O/c1-13(21)4-8-20(9-5-13)12-16-10(18-14)15-11(17-12)19-6-2-3-7-19/h21H,2-9,14H2,1H3,(H,15,16,17,18). The van der Waals surface area contributed by atoms with E-state index < -0.39 is 5.60 Å². The molecule has 2 aliphatic heterocycles. The molecule has 0 unspecified atom stereocenters. The van der Waals surface area contributed by atoms with Gasteiger partial charge in [-0.25, -0.2) is 5.84 Å². The van der Waals surface area contributed by atoms with Crippen molar-refractivity contribution in [3.05, 3.63) is 0 Å². The quantitative estimate of drug-likeness (QED) is 0.533. The molecule has 8 heteroatoms. The molecule has 21 heavy (non-hydrogen) atoms. The average Bonchev–Trinajstić information content (AvgIpc) is 3.01. The predicted octanol–water partition coefficient (Wildman–Crippen LogP) is 0.109. The van der Waals surface area contributed by atoms with Gasteiger partial charge in [-0.3, -0.25) is 5.43 Å². The van der Waals surface area contributed by atoms with Crippen molar-refractivity contribution < 1.29 is 5.11 Å². The summed E-state index contributed by atoms with van der Waals surface area (Å²) in [5.74, 6) is 7.18. The van der Waals surface area contributed by atoms with E-state index in [1.807, 2.05) is 6.92 Å². The molecule has 3 heterocycles. The molecule has 0 atom stereocenters. The summed E-state index contributed by atoms with van der Waals surface area (Å²) in [5.41, 5.74) is 1.93. The lowest BCUT2D eigenvalue weighted by molar-refractivity contribution is 0.0349. The van der Waals surface area contributed by atoms with Gasteiger partial charge in [0.1, 0.15) is 0 Å². The summed E-state index contributed by atoms with van der Waals surface area (Å²) in [4.78, 5) is 17.5. The predicted molar refractivity (Wildman–Crippen MR) is 81.2 cm³/mol. The summed E-state index contributed by atoms with van der Waals surface area (Å²) in [6.07, 6.45) is 3.75. The van der Waals surface area contributed by atoms with Crippen LogP contribution in [0.2, 0.25) is 0 Å². The van der Waals surface area contributed by atoms with Crippen LogP contribution in [0, 0.1) is 0 Å². The minimum absolute atomic E-state index is 0.388. The van der Waals surface area contributed by atoms with Crippen LogP contribution >= 0.6 is 0 Å². The molecule has 3 rings (SSSR count). The molecule has 0 radical (unpaired) electrons. The molecule has 0 spiro atoms. The first-order chi connectivity index (χ1) is 10.1. The molecule has 0 aliphatic carbocycles. The Balaban J connectivity index is 1.82. The van der Waals surface area contributed by atoms with E-state index in [0.717, 1.165) is 26.2 Å². The van der Waals surface area contributed by atoms with E-state index in [0.29, 0.717) is 30.7 Å². The lowest BCUT2D eigenvalue weighted by Gasteiger charge is -2.36. The third-order valence-corrected chi connectivity index (χ3v) is 4.25. The smallest absolute Gasteiger partial charge is 0.243 e. The summed E-state index contributed by atoms with van der Waals surface area (Å²) in [6, 6.07) is 0. The van der Waals surface area contributed by atoms with Crippen LogP contribution in [-0.2, 0) is 0 Å². The van der Waals surface area contributed by atoms with E-state index in [-0.39, 0.29) is 0 Å². The third kappa shape index (κ3) is 3.16. The van der Waals surface area contributed by atoms with Crippen LogP contribution in [0.3, 0.4) is 0 Å². The molecule has 0 aromatic carbocycles. The van der Waals surface area contributed by atoms with Crippen molar-refractivity contribution in [3.8, 4) is 0 Å². The number of hydrazine groups is 1. The summed E-state index contributed by atoms with van der Waals surface area (Å²) < 4.78 is 0. The van der Waals surface area contributed by atoms with Crippen LogP contribution in [0.5, 0.6) is 0 Å². The maximum atomic E-state index is 10.0. The van der Waals surface area contributed by atoms with Gasteiger partial charge >= 0.3 is 0 Å². The molecule has 1 aromatic heterocycles. The number of rotatable bonds is 3. The summed E-state index contributed by atoms with van der Waals surface area (Å²) in [7, 11) is 0. The van der Waals surface area contributed by atoms with Crippen LogP contribution in [0.15, 0.2) is 0 Å². The first-order valence-corrected chi connectivity index (χ1v) is 7.52. The highest BCUT2D eigenvalue weighted by atomic mass is 16.3. The molecule has 116 valence electrons. The average molecular weight is 293 g/mol. The molecular weight excluding hydrogens is 270 g/mol. The Hall–Kier alpha value is -1.67. The highest BCUT2D eigenvalue weighted by molar-refractivity contribution is 5.45. The first-order valence-electron chi connectivity index (χ1n) is 7.52. The van der Waals surface area contributed by atoms with E-state index >= 15 is 0 Å². The lowest BCUT2D eigenvalue weighted by atomic mass is 9.94. The number of anilines is 3. The van der Waals surface area contributed by atoms with E-state index in [1.165, 1.54) is 12.8 Å². The zero-order valence-electron chi connectivity index (χ0n) is 12.4. The Morgan fingerprint density at radius 1 is 1.00 bits per heavy atom. The fourth-order valence-electron chi connectivity index (χ4n) is 2.81. The van der Waals surface area contributed by atoms with Crippen molar-refractivity contribution >= 4 is 17.8 Å².